The van der Waals surface area contributed by atoms with Gasteiger partial charge in [-0.1, -0.05) is 90.0 Å². The molecule has 6 aromatic carbocycles. The third-order valence-electron chi connectivity index (χ3n) is 9.18. The highest BCUT2D eigenvalue weighted by molar-refractivity contribution is 7.00. The minimum Gasteiger partial charge on any atom is -0.311 e. The van der Waals surface area contributed by atoms with Crippen LogP contribution in [-0.2, 0) is 0 Å². The molecule has 0 unspecified atom stereocenters. The highest BCUT2D eigenvalue weighted by Gasteiger charge is 2.43. The molecule has 2 aliphatic rings. The van der Waals surface area contributed by atoms with Gasteiger partial charge in [-0.15, -0.1) is 0 Å². The summed E-state index contributed by atoms with van der Waals surface area (Å²) in [5.41, 5.74) is 19.1. The Morgan fingerprint density at radius 3 is 1.37 bits per heavy atom. The fourth-order valence-corrected chi connectivity index (χ4v) is 7.37. The Labute approximate surface area is 255 Å². The maximum atomic E-state index is 2.49. The molecule has 6 aromatic rings. The van der Waals surface area contributed by atoms with Gasteiger partial charge < -0.3 is 9.80 Å². The molecule has 2 aliphatic heterocycles. The smallest absolute Gasteiger partial charge is 0.252 e. The van der Waals surface area contributed by atoms with Crippen molar-refractivity contribution in [3.63, 3.8) is 0 Å². The van der Waals surface area contributed by atoms with E-state index in [4.69, 9.17) is 0 Å². The zero-order chi connectivity index (χ0) is 29.2. The Balaban J connectivity index is 1.54. The van der Waals surface area contributed by atoms with Crippen LogP contribution in [0.15, 0.2) is 127 Å². The summed E-state index contributed by atoms with van der Waals surface area (Å²) >= 11 is 0. The van der Waals surface area contributed by atoms with E-state index in [1.165, 1.54) is 83.9 Å². The van der Waals surface area contributed by atoms with E-state index in [-0.39, 0.29) is 6.71 Å². The second-order valence-corrected chi connectivity index (χ2v) is 12.1. The summed E-state index contributed by atoms with van der Waals surface area (Å²) in [5.74, 6) is 0. The molecule has 3 heteroatoms. The SMILES string of the molecule is Cc1ccc2c(c1)B1c3cc(C)ccc3N(c3ccccc3)c3cc(-c4c(C)cccc4C)cc(c31)N2c1ccccc1. The average Bonchev–Trinajstić information content (AvgIpc) is 3.02. The van der Waals surface area contributed by atoms with Crippen LogP contribution in [-0.4, -0.2) is 6.71 Å². The van der Waals surface area contributed by atoms with Gasteiger partial charge in [0.15, 0.2) is 0 Å². The lowest BCUT2D eigenvalue weighted by atomic mass is 9.33. The average molecular weight is 553 g/mol. The molecule has 0 amide bonds. The van der Waals surface area contributed by atoms with Crippen molar-refractivity contribution >= 4 is 57.2 Å². The molecule has 0 aliphatic carbocycles. The highest BCUT2D eigenvalue weighted by Crippen LogP contribution is 2.46. The van der Waals surface area contributed by atoms with Gasteiger partial charge in [0.1, 0.15) is 0 Å². The zero-order valence-corrected chi connectivity index (χ0v) is 25.1. The number of nitrogens with zero attached hydrogens (tertiary/aromatic N) is 2. The lowest BCUT2D eigenvalue weighted by Gasteiger charge is -2.44. The fourth-order valence-electron chi connectivity index (χ4n) is 7.37. The van der Waals surface area contributed by atoms with Gasteiger partial charge in [-0.05, 0) is 115 Å². The summed E-state index contributed by atoms with van der Waals surface area (Å²) < 4.78 is 0. The van der Waals surface area contributed by atoms with Gasteiger partial charge >= 0.3 is 0 Å². The van der Waals surface area contributed by atoms with Crippen LogP contribution in [0.25, 0.3) is 11.1 Å². The van der Waals surface area contributed by atoms with Gasteiger partial charge in [0.25, 0.3) is 6.71 Å². The summed E-state index contributed by atoms with van der Waals surface area (Å²) in [7, 11) is 0. The van der Waals surface area contributed by atoms with Crippen LogP contribution in [0.1, 0.15) is 22.3 Å². The molecule has 0 saturated heterocycles. The van der Waals surface area contributed by atoms with Crippen molar-refractivity contribution in [1.82, 2.24) is 0 Å². The van der Waals surface area contributed by atoms with E-state index in [9.17, 15) is 0 Å². The molecular formula is C40H33BN2. The molecule has 206 valence electrons. The van der Waals surface area contributed by atoms with Gasteiger partial charge in [0.2, 0.25) is 0 Å². The normalized spacial score (nSPS) is 13.0. The van der Waals surface area contributed by atoms with E-state index in [1.54, 1.807) is 0 Å². The molecule has 2 heterocycles. The molecule has 0 saturated carbocycles. The molecule has 43 heavy (non-hydrogen) atoms. The lowest BCUT2D eigenvalue weighted by Crippen LogP contribution is -2.61. The van der Waals surface area contributed by atoms with Crippen molar-refractivity contribution < 1.29 is 0 Å². The first-order chi connectivity index (χ1) is 21.0. The molecule has 8 rings (SSSR count). The quantitative estimate of drug-likeness (QED) is 0.202. The minimum atomic E-state index is 0.127. The topological polar surface area (TPSA) is 6.48 Å². The summed E-state index contributed by atoms with van der Waals surface area (Å²) in [6, 6.07) is 47.2. The number of rotatable bonds is 3. The lowest BCUT2D eigenvalue weighted by molar-refractivity contribution is 1.24. The van der Waals surface area contributed by atoms with Crippen molar-refractivity contribution in [2.45, 2.75) is 27.7 Å². The summed E-state index contributed by atoms with van der Waals surface area (Å²) in [6.45, 7) is 9.02. The molecule has 0 N–H and O–H groups in total. The molecule has 0 bridgehead atoms. The molecule has 2 nitrogen and oxygen atoms in total. The first-order valence-electron chi connectivity index (χ1n) is 15.2. The second-order valence-electron chi connectivity index (χ2n) is 12.1. The Morgan fingerprint density at radius 1 is 0.442 bits per heavy atom. The molecule has 0 spiro atoms. The summed E-state index contributed by atoms with van der Waals surface area (Å²) in [4.78, 5) is 4.98. The number of para-hydroxylation sites is 2. The van der Waals surface area contributed by atoms with E-state index < -0.39 is 0 Å². The highest BCUT2D eigenvalue weighted by atomic mass is 15.2. The standard InChI is InChI=1S/C40H33BN2/c1-26-18-20-35-33(22-26)41-34-23-27(2)19-21-36(34)43(32-16-9-6-10-17-32)38-25-30(39-28(3)12-11-13-29(39)4)24-37(40(38)41)42(35)31-14-7-5-8-15-31/h5-25H,1-4H3. The van der Waals surface area contributed by atoms with Crippen molar-refractivity contribution in [3.8, 4) is 11.1 Å². The van der Waals surface area contributed by atoms with Crippen LogP contribution in [0.3, 0.4) is 0 Å². The third-order valence-corrected chi connectivity index (χ3v) is 9.18. The third kappa shape index (κ3) is 3.95. The number of anilines is 6. The maximum absolute atomic E-state index is 2.49. The number of hydrogen-bond acceptors (Lipinski definition) is 2. The van der Waals surface area contributed by atoms with Gasteiger partial charge in [0, 0.05) is 34.1 Å². The van der Waals surface area contributed by atoms with Gasteiger partial charge in [-0.25, -0.2) is 0 Å². The monoisotopic (exact) mass is 552 g/mol. The number of fused-ring (bicyclic) bond motifs is 4. The van der Waals surface area contributed by atoms with E-state index in [0.29, 0.717) is 0 Å². The van der Waals surface area contributed by atoms with Crippen LogP contribution < -0.4 is 26.2 Å². The van der Waals surface area contributed by atoms with E-state index in [1.807, 2.05) is 0 Å². The maximum Gasteiger partial charge on any atom is 0.252 e. The minimum absolute atomic E-state index is 0.127. The first-order valence-corrected chi connectivity index (χ1v) is 15.2. The Hall–Kier alpha value is -5.02. The molecule has 0 aromatic heterocycles. The fraction of sp³-hybridized carbons (Fsp3) is 0.100. The zero-order valence-electron chi connectivity index (χ0n) is 25.1. The Kier molecular flexibility index (Phi) is 5.84. The summed E-state index contributed by atoms with van der Waals surface area (Å²) in [5, 5.41) is 0. The van der Waals surface area contributed by atoms with Crippen LogP contribution in [0.2, 0.25) is 0 Å². The second kappa shape index (κ2) is 9.78. The first kappa shape index (κ1) is 25.7. The van der Waals surface area contributed by atoms with Crippen molar-refractivity contribution in [1.29, 1.82) is 0 Å². The van der Waals surface area contributed by atoms with Gasteiger partial charge in [-0.2, -0.15) is 0 Å². The van der Waals surface area contributed by atoms with Crippen molar-refractivity contribution in [2.24, 2.45) is 0 Å². The van der Waals surface area contributed by atoms with Crippen molar-refractivity contribution in [3.05, 3.63) is 150 Å². The predicted molar refractivity (Wildman–Crippen MR) is 185 cm³/mol. The summed E-state index contributed by atoms with van der Waals surface area (Å²) in [6.07, 6.45) is 0. The van der Waals surface area contributed by atoms with Crippen LogP contribution in [0.4, 0.5) is 34.1 Å². The van der Waals surface area contributed by atoms with E-state index in [2.05, 4.69) is 165 Å². The predicted octanol–water partition coefficient (Wildman–Crippen LogP) is 8.67. The van der Waals surface area contributed by atoms with Gasteiger partial charge in [0.05, 0.1) is 0 Å². The number of hydrogen-bond donors (Lipinski definition) is 0. The number of benzene rings is 6. The van der Waals surface area contributed by atoms with Gasteiger partial charge in [-0.3, -0.25) is 0 Å². The van der Waals surface area contributed by atoms with Crippen molar-refractivity contribution in [2.75, 3.05) is 9.80 Å². The number of aryl methyl sites for hydroxylation is 4. The van der Waals surface area contributed by atoms with Crippen LogP contribution in [0, 0.1) is 27.7 Å². The van der Waals surface area contributed by atoms with Crippen LogP contribution >= 0.6 is 0 Å². The Morgan fingerprint density at radius 2 is 0.907 bits per heavy atom. The van der Waals surface area contributed by atoms with E-state index >= 15 is 0 Å². The molecule has 0 fully saturated rings. The van der Waals surface area contributed by atoms with Crippen LogP contribution in [0.5, 0.6) is 0 Å². The molecule has 0 atom stereocenters. The largest absolute Gasteiger partial charge is 0.311 e. The Bertz CT molecular complexity index is 1890. The molecular weight excluding hydrogens is 519 g/mol. The molecule has 0 radical (unpaired) electrons. The van der Waals surface area contributed by atoms with E-state index in [0.717, 1.165) is 0 Å².